The molecule has 0 unspecified atom stereocenters. The first-order valence-corrected chi connectivity index (χ1v) is 6.68. The zero-order valence-corrected chi connectivity index (χ0v) is 11.9. The number of fused-ring (bicyclic) bond motifs is 1. The van der Waals surface area contributed by atoms with Crippen molar-refractivity contribution in [1.29, 1.82) is 5.26 Å². The molecule has 22 heavy (non-hydrogen) atoms. The van der Waals surface area contributed by atoms with Gasteiger partial charge < -0.3 is 10.2 Å². The lowest BCUT2D eigenvalue weighted by molar-refractivity contribution is 0.0781. The molecule has 1 aliphatic rings. The predicted molar refractivity (Wildman–Crippen MR) is 78.5 cm³/mol. The molecule has 110 valence electrons. The minimum Gasteiger partial charge on any atom is -0.360 e. The Morgan fingerprint density at radius 1 is 1.55 bits per heavy atom. The number of benzene rings is 1. The maximum atomic E-state index is 12.1. The molecular weight excluding hydrogens is 282 g/mol. The lowest BCUT2D eigenvalue weighted by Crippen LogP contribution is -2.34. The third-order valence-electron chi connectivity index (χ3n) is 3.49. The van der Waals surface area contributed by atoms with Crippen molar-refractivity contribution in [3.63, 3.8) is 0 Å². The Balaban J connectivity index is 1.85. The molecule has 1 amide bonds. The summed E-state index contributed by atoms with van der Waals surface area (Å²) in [6.07, 6.45) is 2.34. The van der Waals surface area contributed by atoms with Crippen LogP contribution in [0.15, 0.2) is 24.4 Å². The maximum Gasteiger partial charge on any atom is 0.253 e. The number of nitriles is 1. The van der Waals surface area contributed by atoms with Crippen LogP contribution in [0.3, 0.4) is 0 Å². The van der Waals surface area contributed by atoms with Crippen LogP contribution in [-0.4, -0.2) is 45.0 Å². The van der Waals surface area contributed by atoms with E-state index < -0.39 is 0 Å². The summed E-state index contributed by atoms with van der Waals surface area (Å²) in [7, 11) is 1.79. The summed E-state index contributed by atoms with van der Waals surface area (Å²) in [6, 6.07) is 7.58. The monoisotopic (exact) mass is 295 g/mol. The highest BCUT2D eigenvalue weighted by atomic mass is 16.2. The van der Waals surface area contributed by atoms with E-state index in [9.17, 15) is 4.79 Å². The van der Waals surface area contributed by atoms with Crippen molar-refractivity contribution >= 4 is 17.2 Å². The van der Waals surface area contributed by atoms with E-state index in [0.29, 0.717) is 5.56 Å². The van der Waals surface area contributed by atoms with Crippen LogP contribution in [0.5, 0.6) is 0 Å². The van der Waals surface area contributed by atoms with Gasteiger partial charge in [0.05, 0.1) is 0 Å². The Labute approximate surface area is 126 Å². The number of carbonyl (C=O) groups is 1. The first-order chi connectivity index (χ1) is 10.7. The van der Waals surface area contributed by atoms with E-state index in [2.05, 4.69) is 25.9 Å². The molecule has 2 aromatic rings. The van der Waals surface area contributed by atoms with Crippen LogP contribution < -0.4 is 5.32 Å². The minimum atomic E-state index is 0.00699. The number of H-pyrrole nitrogens is 1. The van der Waals surface area contributed by atoms with E-state index in [4.69, 9.17) is 5.26 Å². The first kappa shape index (κ1) is 13.8. The van der Waals surface area contributed by atoms with Gasteiger partial charge in [0.15, 0.2) is 0 Å². The molecule has 8 heteroatoms. The van der Waals surface area contributed by atoms with E-state index >= 15 is 0 Å². The summed E-state index contributed by atoms with van der Waals surface area (Å²) in [5, 5.41) is 25.3. The molecule has 0 radical (unpaired) electrons. The highest BCUT2D eigenvalue weighted by Gasteiger charge is 2.21. The number of aromatic nitrogens is 4. The van der Waals surface area contributed by atoms with Crippen molar-refractivity contribution in [2.24, 2.45) is 0 Å². The predicted octanol–water partition coefficient (Wildman–Crippen LogP) is 0.804. The van der Waals surface area contributed by atoms with Crippen molar-refractivity contribution in [3.05, 3.63) is 41.4 Å². The lowest BCUT2D eigenvalue weighted by Gasteiger charge is -2.25. The largest absolute Gasteiger partial charge is 0.360 e. The number of amides is 1. The number of rotatable bonds is 3. The zero-order valence-electron chi connectivity index (χ0n) is 11.9. The quantitative estimate of drug-likeness (QED) is 0.810. The Morgan fingerprint density at radius 2 is 2.41 bits per heavy atom. The van der Waals surface area contributed by atoms with E-state index in [1.54, 1.807) is 18.0 Å². The number of aromatic amines is 1. The number of hydrogen-bond donors (Lipinski definition) is 2. The van der Waals surface area contributed by atoms with Crippen molar-refractivity contribution in [3.8, 4) is 6.07 Å². The fourth-order valence-corrected chi connectivity index (χ4v) is 2.26. The lowest BCUT2D eigenvalue weighted by atomic mass is 9.99. The molecular formula is C14H13N7O. The highest BCUT2D eigenvalue weighted by Crippen LogP contribution is 2.22. The Kier molecular flexibility index (Phi) is 3.53. The molecule has 3 rings (SSSR count). The smallest absolute Gasteiger partial charge is 0.253 e. The summed E-state index contributed by atoms with van der Waals surface area (Å²) in [6.45, 7) is 0.731. The van der Waals surface area contributed by atoms with Gasteiger partial charge in [-0.3, -0.25) is 4.79 Å². The third-order valence-corrected chi connectivity index (χ3v) is 3.49. The molecule has 0 spiro atoms. The number of nitrogens with one attached hydrogen (secondary N) is 2. The SMILES string of the molecule is CN1CCc2ccc(NC=C(C#N)c3nn[nH]n3)cc2C1=O. The van der Waals surface area contributed by atoms with Crippen molar-refractivity contribution in [2.75, 3.05) is 18.9 Å². The van der Waals surface area contributed by atoms with Gasteiger partial charge in [0.1, 0.15) is 11.6 Å². The van der Waals surface area contributed by atoms with Crippen LogP contribution in [0.25, 0.3) is 5.57 Å². The molecule has 0 saturated carbocycles. The summed E-state index contributed by atoms with van der Waals surface area (Å²) in [5.41, 5.74) is 2.69. The molecule has 0 saturated heterocycles. The second-order valence-electron chi connectivity index (χ2n) is 4.90. The van der Waals surface area contributed by atoms with E-state index in [-0.39, 0.29) is 17.3 Å². The van der Waals surface area contributed by atoms with Gasteiger partial charge in [0.25, 0.3) is 5.91 Å². The summed E-state index contributed by atoms with van der Waals surface area (Å²) in [5.74, 6) is 0.219. The molecule has 0 bridgehead atoms. The van der Waals surface area contributed by atoms with Crippen LogP contribution in [0.1, 0.15) is 21.7 Å². The van der Waals surface area contributed by atoms with Gasteiger partial charge in [0, 0.05) is 31.0 Å². The molecule has 2 N–H and O–H groups in total. The average molecular weight is 295 g/mol. The van der Waals surface area contributed by atoms with E-state index in [1.165, 1.54) is 6.20 Å². The summed E-state index contributed by atoms with van der Waals surface area (Å²) < 4.78 is 0. The topological polar surface area (TPSA) is 111 Å². The van der Waals surface area contributed by atoms with Crippen LogP contribution in [0.4, 0.5) is 5.69 Å². The number of hydrogen-bond acceptors (Lipinski definition) is 6. The van der Waals surface area contributed by atoms with Crippen LogP contribution in [0, 0.1) is 11.3 Å². The molecule has 0 fully saturated rings. The van der Waals surface area contributed by atoms with Crippen LogP contribution in [-0.2, 0) is 6.42 Å². The van der Waals surface area contributed by atoms with Gasteiger partial charge in [-0.15, -0.1) is 10.2 Å². The number of allylic oxidation sites excluding steroid dienone is 1. The molecule has 2 heterocycles. The highest BCUT2D eigenvalue weighted by molar-refractivity contribution is 5.97. The number of likely N-dealkylation sites (N-methyl/N-ethyl adjacent to an activating group) is 1. The van der Waals surface area contributed by atoms with Crippen LogP contribution >= 0.6 is 0 Å². The fourth-order valence-electron chi connectivity index (χ4n) is 2.26. The second kappa shape index (κ2) is 5.65. The number of anilines is 1. The minimum absolute atomic E-state index is 0.00699. The number of tetrazole rings is 1. The van der Waals surface area contributed by atoms with Gasteiger partial charge in [-0.25, -0.2) is 0 Å². The molecule has 0 aliphatic carbocycles. The molecule has 1 aliphatic heterocycles. The summed E-state index contributed by atoms with van der Waals surface area (Å²) in [4.78, 5) is 13.8. The Bertz CT molecular complexity index is 773. The van der Waals surface area contributed by atoms with Crippen LogP contribution in [0.2, 0.25) is 0 Å². The number of nitrogens with zero attached hydrogens (tertiary/aromatic N) is 5. The molecule has 1 aromatic heterocycles. The van der Waals surface area contributed by atoms with Crippen molar-refractivity contribution < 1.29 is 4.79 Å². The van der Waals surface area contributed by atoms with Gasteiger partial charge >= 0.3 is 0 Å². The molecule has 8 nitrogen and oxygen atoms in total. The Morgan fingerprint density at radius 3 is 3.14 bits per heavy atom. The maximum absolute atomic E-state index is 12.1. The van der Waals surface area contributed by atoms with Crippen molar-refractivity contribution in [2.45, 2.75) is 6.42 Å². The van der Waals surface area contributed by atoms with Gasteiger partial charge in [-0.2, -0.15) is 10.5 Å². The first-order valence-electron chi connectivity index (χ1n) is 6.68. The standard InChI is InChI=1S/C14H13N7O/c1-21-5-4-9-2-3-11(6-12(9)14(21)22)16-8-10(7-15)13-17-19-20-18-13/h2-3,6,8,16H,4-5H2,1H3,(H,17,18,19,20). The normalized spacial score (nSPS) is 14.5. The van der Waals surface area contributed by atoms with Gasteiger partial charge in [-0.1, -0.05) is 6.07 Å². The molecule has 0 atom stereocenters. The fraction of sp³-hybridized carbons (Fsp3) is 0.214. The number of carbonyl (C=O) groups excluding carboxylic acids is 1. The second-order valence-corrected chi connectivity index (χ2v) is 4.90. The third kappa shape index (κ3) is 2.52. The average Bonchev–Trinajstić information content (AvgIpc) is 3.06. The van der Waals surface area contributed by atoms with Gasteiger partial charge in [0.2, 0.25) is 5.82 Å². The summed E-state index contributed by atoms with van der Waals surface area (Å²) >= 11 is 0. The molecule has 1 aromatic carbocycles. The Hall–Kier alpha value is -3.21. The van der Waals surface area contributed by atoms with E-state index in [1.807, 2.05) is 18.2 Å². The van der Waals surface area contributed by atoms with E-state index in [0.717, 1.165) is 24.2 Å². The van der Waals surface area contributed by atoms with Crippen molar-refractivity contribution in [1.82, 2.24) is 25.5 Å². The zero-order chi connectivity index (χ0) is 15.5. The van der Waals surface area contributed by atoms with Gasteiger partial charge in [-0.05, 0) is 29.3 Å².